The molecule has 108 valence electrons. The number of hydrogen-bond acceptors (Lipinski definition) is 4. The van der Waals surface area contributed by atoms with Crippen LogP contribution in [0.4, 0.5) is 22.0 Å². The molecule has 0 unspecified atom stereocenters. The summed E-state index contributed by atoms with van der Waals surface area (Å²) in [5.74, 6) is -2.57. The minimum atomic E-state index is -5.05. The molecule has 0 amide bonds. The Hall–Kier alpha value is -2.37. The lowest BCUT2D eigenvalue weighted by atomic mass is 10.0. The van der Waals surface area contributed by atoms with Gasteiger partial charge in [0.15, 0.2) is 0 Å². The van der Waals surface area contributed by atoms with E-state index in [1.165, 1.54) is 6.07 Å². The topological polar surface area (TPSA) is 59.3 Å². The number of halogens is 5. The minimum Gasteiger partial charge on any atom is -0.465 e. The lowest BCUT2D eigenvalue weighted by Crippen LogP contribution is -2.17. The van der Waals surface area contributed by atoms with E-state index in [0.29, 0.717) is 12.1 Å². The predicted molar refractivity (Wildman–Crippen MR) is 54.1 cm³/mol. The van der Waals surface area contributed by atoms with Crippen molar-refractivity contribution >= 4 is 5.97 Å². The Labute approximate surface area is 109 Å². The van der Waals surface area contributed by atoms with E-state index >= 15 is 0 Å². The van der Waals surface area contributed by atoms with Gasteiger partial charge in [0.25, 0.3) is 0 Å². The molecule has 1 aromatic carbocycles. The molecular weight excluding hydrogens is 289 g/mol. The number of carbonyl (C=O) groups is 1. The summed E-state index contributed by atoms with van der Waals surface area (Å²) in [6.07, 6.45) is -5.05. The number of carbonyl (C=O) groups excluding carboxylic acids is 1. The first-order chi connectivity index (χ1) is 9.20. The fourth-order valence-electron chi connectivity index (χ4n) is 1.41. The van der Waals surface area contributed by atoms with Gasteiger partial charge in [0.2, 0.25) is 0 Å². The molecule has 0 fully saturated rings. The molecule has 0 N–H and O–H groups in total. The van der Waals surface area contributed by atoms with E-state index < -0.39 is 41.2 Å². The highest BCUT2D eigenvalue weighted by molar-refractivity contribution is 5.94. The maximum Gasteiger partial charge on any atom is 0.417 e. The molecule has 0 aromatic heterocycles. The number of nitrogens with zero attached hydrogens (tertiary/aromatic N) is 1. The fraction of sp³-hybridized carbons (Fsp3) is 0.273. The third kappa shape index (κ3) is 3.34. The van der Waals surface area contributed by atoms with Crippen molar-refractivity contribution in [3.05, 3.63) is 28.8 Å². The molecule has 4 nitrogen and oxygen atoms in total. The number of nitriles is 1. The first kappa shape index (κ1) is 15.7. The number of benzene rings is 1. The molecule has 0 radical (unpaired) electrons. The maximum absolute atomic E-state index is 12.8. The van der Waals surface area contributed by atoms with E-state index in [2.05, 4.69) is 9.47 Å². The third-order valence-electron chi connectivity index (χ3n) is 2.14. The Morgan fingerprint density at radius 1 is 1.35 bits per heavy atom. The van der Waals surface area contributed by atoms with Gasteiger partial charge in [-0.25, -0.2) is 4.79 Å². The van der Waals surface area contributed by atoms with Crippen LogP contribution < -0.4 is 4.74 Å². The molecule has 1 aromatic rings. The SMILES string of the molecule is COC(=O)c1c(OC(F)F)cc(C#N)cc1C(F)(F)F. The van der Waals surface area contributed by atoms with Crippen LogP contribution in [-0.4, -0.2) is 19.7 Å². The quantitative estimate of drug-likeness (QED) is 0.635. The average Bonchev–Trinajstić information content (AvgIpc) is 2.35. The van der Waals surface area contributed by atoms with Crippen LogP contribution >= 0.6 is 0 Å². The minimum absolute atomic E-state index is 0.352. The Morgan fingerprint density at radius 2 is 1.95 bits per heavy atom. The van der Waals surface area contributed by atoms with E-state index in [-0.39, 0.29) is 0 Å². The van der Waals surface area contributed by atoms with Gasteiger partial charge in [-0.3, -0.25) is 0 Å². The number of esters is 1. The summed E-state index contributed by atoms with van der Waals surface area (Å²) >= 11 is 0. The molecule has 0 bridgehead atoms. The van der Waals surface area contributed by atoms with Crippen molar-refractivity contribution in [2.75, 3.05) is 7.11 Å². The van der Waals surface area contributed by atoms with Gasteiger partial charge in [-0.05, 0) is 12.1 Å². The van der Waals surface area contributed by atoms with Gasteiger partial charge >= 0.3 is 18.8 Å². The molecule has 0 saturated heterocycles. The second-order valence-electron chi connectivity index (χ2n) is 3.38. The summed E-state index contributed by atoms with van der Waals surface area (Å²) in [5, 5.41) is 8.60. The van der Waals surface area contributed by atoms with E-state index in [4.69, 9.17) is 5.26 Å². The highest BCUT2D eigenvalue weighted by atomic mass is 19.4. The number of methoxy groups -OCH3 is 1. The smallest absolute Gasteiger partial charge is 0.417 e. The Kier molecular flexibility index (Phi) is 4.49. The van der Waals surface area contributed by atoms with Crippen LogP contribution in [-0.2, 0) is 10.9 Å². The summed E-state index contributed by atoms with van der Waals surface area (Å²) in [6.45, 7) is -3.46. The van der Waals surface area contributed by atoms with Crippen molar-refractivity contribution in [3.8, 4) is 11.8 Å². The molecular formula is C11H6F5NO3. The van der Waals surface area contributed by atoms with Gasteiger partial charge in [0.1, 0.15) is 11.3 Å². The zero-order valence-corrected chi connectivity index (χ0v) is 9.79. The molecule has 20 heavy (non-hydrogen) atoms. The molecule has 0 aliphatic carbocycles. The standard InChI is InChI=1S/C11H6F5NO3/c1-19-9(18)8-6(11(14,15)16)2-5(4-17)3-7(8)20-10(12)13/h2-3,10H,1H3. The van der Waals surface area contributed by atoms with Crippen LogP contribution in [0.1, 0.15) is 21.5 Å². The number of hydrogen-bond donors (Lipinski definition) is 0. The Balaban J connectivity index is 3.63. The van der Waals surface area contributed by atoms with Crippen LogP contribution in [0, 0.1) is 11.3 Å². The zero-order valence-electron chi connectivity index (χ0n) is 9.79. The molecule has 0 heterocycles. The van der Waals surface area contributed by atoms with Gasteiger partial charge in [-0.2, -0.15) is 27.2 Å². The maximum atomic E-state index is 12.8. The first-order valence-corrected chi connectivity index (χ1v) is 4.89. The molecule has 1 rings (SSSR count). The summed E-state index contributed by atoms with van der Waals surface area (Å²) in [6, 6.07) is 2.32. The van der Waals surface area contributed by atoms with Crippen molar-refractivity contribution in [2.45, 2.75) is 12.8 Å². The van der Waals surface area contributed by atoms with Crippen molar-refractivity contribution in [3.63, 3.8) is 0 Å². The van der Waals surface area contributed by atoms with Crippen LogP contribution in [0.5, 0.6) is 5.75 Å². The van der Waals surface area contributed by atoms with Gasteiger partial charge in [-0.15, -0.1) is 0 Å². The summed E-state index contributed by atoms with van der Waals surface area (Å²) in [5.41, 5.74) is -3.38. The molecule has 0 aliphatic heterocycles. The second-order valence-corrected chi connectivity index (χ2v) is 3.38. The highest BCUT2D eigenvalue weighted by Gasteiger charge is 2.38. The molecule has 0 saturated carbocycles. The summed E-state index contributed by atoms with van der Waals surface area (Å²) in [4.78, 5) is 11.4. The van der Waals surface area contributed by atoms with Crippen molar-refractivity contribution in [2.24, 2.45) is 0 Å². The van der Waals surface area contributed by atoms with Crippen molar-refractivity contribution in [1.29, 1.82) is 5.26 Å². The predicted octanol–water partition coefficient (Wildman–Crippen LogP) is 2.97. The van der Waals surface area contributed by atoms with E-state index in [0.717, 1.165) is 7.11 Å². The second kappa shape index (κ2) is 5.73. The molecule has 0 aliphatic rings. The van der Waals surface area contributed by atoms with E-state index in [1.54, 1.807) is 0 Å². The van der Waals surface area contributed by atoms with Gasteiger partial charge < -0.3 is 9.47 Å². The van der Waals surface area contributed by atoms with E-state index in [9.17, 15) is 26.7 Å². The molecule has 9 heteroatoms. The molecule has 0 atom stereocenters. The van der Waals surface area contributed by atoms with Gasteiger partial charge in [0.05, 0.1) is 24.3 Å². The van der Waals surface area contributed by atoms with Gasteiger partial charge in [0, 0.05) is 0 Å². The average molecular weight is 295 g/mol. The summed E-state index contributed by atoms with van der Waals surface area (Å²) in [7, 11) is 0.785. The van der Waals surface area contributed by atoms with E-state index in [1.807, 2.05) is 0 Å². The van der Waals surface area contributed by atoms with Gasteiger partial charge in [-0.1, -0.05) is 0 Å². The lowest BCUT2D eigenvalue weighted by molar-refractivity contribution is -0.138. The Bertz CT molecular complexity index is 562. The van der Waals surface area contributed by atoms with Crippen LogP contribution in [0.25, 0.3) is 0 Å². The van der Waals surface area contributed by atoms with Crippen LogP contribution in [0.15, 0.2) is 12.1 Å². The highest BCUT2D eigenvalue weighted by Crippen LogP contribution is 2.38. The van der Waals surface area contributed by atoms with Crippen molar-refractivity contribution in [1.82, 2.24) is 0 Å². The van der Waals surface area contributed by atoms with Crippen molar-refractivity contribution < 1.29 is 36.2 Å². The zero-order chi connectivity index (χ0) is 15.5. The normalized spacial score (nSPS) is 11.1. The first-order valence-electron chi connectivity index (χ1n) is 4.89. The largest absolute Gasteiger partial charge is 0.465 e. The number of alkyl halides is 5. The fourth-order valence-corrected chi connectivity index (χ4v) is 1.41. The third-order valence-corrected chi connectivity index (χ3v) is 2.14. The number of rotatable bonds is 3. The number of ether oxygens (including phenoxy) is 2. The summed E-state index contributed by atoms with van der Waals surface area (Å²) < 4.78 is 70.8. The lowest BCUT2D eigenvalue weighted by Gasteiger charge is -2.16. The monoisotopic (exact) mass is 295 g/mol. The van der Waals surface area contributed by atoms with Crippen LogP contribution in [0.3, 0.4) is 0 Å². The molecule has 0 spiro atoms. The van der Waals surface area contributed by atoms with Crippen LogP contribution in [0.2, 0.25) is 0 Å². The Morgan fingerprint density at radius 3 is 2.35 bits per heavy atom.